The number of methoxy groups -OCH3 is 2. The number of hydrogen-bond donors (Lipinski definition) is 0. The van der Waals surface area contributed by atoms with E-state index in [-0.39, 0.29) is 11.9 Å². The molecule has 1 aliphatic heterocycles. The summed E-state index contributed by atoms with van der Waals surface area (Å²) >= 11 is 3.40. The molecule has 0 N–H and O–H groups in total. The molecule has 1 saturated heterocycles. The van der Waals surface area contributed by atoms with Crippen molar-refractivity contribution in [2.45, 2.75) is 18.9 Å². The summed E-state index contributed by atoms with van der Waals surface area (Å²) in [6.07, 6.45) is 0.565. The summed E-state index contributed by atoms with van der Waals surface area (Å²) in [7, 11) is 3.19. The molecule has 0 radical (unpaired) electrons. The highest BCUT2D eigenvalue weighted by molar-refractivity contribution is 9.10. The minimum atomic E-state index is -0.288. The Hall–Kier alpha value is -1.07. The Labute approximate surface area is 114 Å². The molecule has 1 fully saturated rings. The maximum atomic E-state index is 11.5. The Balaban J connectivity index is 2.43. The number of ether oxygens (including phenoxy) is 3. The van der Waals surface area contributed by atoms with Crippen LogP contribution in [0.1, 0.15) is 24.5 Å². The number of Topliss-reactive ketones (excluding diaryl/α,β-unsaturated/α-hetero) is 1. The molecule has 0 aliphatic carbocycles. The second kappa shape index (κ2) is 5.71. The second-order valence-electron chi connectivity index (χ2n) is 4.08. The summed E-state index contributed by atoms with van der Waals surface area (Å²) in [5.41, 5.74) is 0.802. The second-order valence-corrected chi connectivity index (χ2v) is 4.99. The zero-order valence-corrected chi connectivity index (χ0v) is 12.0. The van der Waals surface area contributed by atoms with Crippen molar-refractivity contribution in [3.05, 3.63) is 22.2 Å². The largest absolute Gasteiger partial charge is 0.496 e. The van der Waals surface area contributed by atoms with Gasteiger partial charge in [-0.3, -0.25) is 4.79 Å². The van der Waals surface area contributed by atoms with E-state index in [0.29, 0.717) is 30.9 Å². The van der Waals surface area contributed by atoms with Crippen molar-refractivity contribution >= 4 is 21.7 Å². The molecule has 0 saturated carbocycles. The van der Waals surface area contributed by atoms with E-state index >= 15 is 0 Å². The average Bonchev–Trinajstić information content (AvgIpc) is 2.37. The summed E-state index contributed by atoms with van der Waals surface area (Å²) in [6.45, 7) is 0.450. The van der Waals surface area contributed by atoms with Crippen LogP contribution in [-0.4, -0.2) is 26.6 Å². The Morgan fingerprint density at radius 1 is 1.28 bits per heavy atom. The van der Waals surface area contributed by atoms with E-state index in [9.17, 15) is 4.79 Å². The van der Waals surface area contributed by atoms with Gasteiger partial charge in [0.05, 0.1) is 32.5 Å². The molecule has 1 unspecified atom stereocenters. The van der Waals surface area contributed by atoms with Crippen LogP contribution in [0.15, 0.2) is 16.6 Å². The Kier molecular flexibility index (Phi) is 4.24. The molecular weight excluding hydrogens is 300 g/mol. The third kappa shape index (κ3) is 2.67. The van der Waals surface area contributed by atoms with Crippen molar-refractivity contribution in [2.24, 2.45) is 0 Å². The summed E-state index contributed by atoms with van der Waals surface area (Å²) in [4.78, 5) is 11.5. The number of carbonyl (C=O) groups excluding carboxylic acids is 1. The first kappa shape index (κ1) is 13.4. The Morgan fingerprint density at radius 2 is 1.89 bits per heavy atom. The van der Waals surface area contributed by atoms with Crippen molar-refractivity contribution in [2.75, 3.05) is 20.8 Å². The number of carbonyl (C=O) groups is 1. The third-order valence-corrected chi connectivity index (χ3v) is 3.40. The Bertz CT molecular complexity index is 433. The molecule has 0 bridgehead atoms. The summed E-state index contributed by atoms with van der Waals surface area (Å²) in [5, 5.41) is 0. The fourth-order valence-electron chi connectivity index (χ4n) is 2.09. The van der Waals surface area contributed by atoms with E-state index in [1.165, 1.54) is 0 Å². The van der Waals surface area contributed by atoms with Crippen LogP contribution in [0, 0.1) is 0 Å². The quantitative estimate of drug-likeness (QED) is 0.860. The summed E-state index contributed by atoms with van der Waals surface area (Å²) in [5.74, 6) is 1.54. The van der Waals surface area contributed by atoms with Crippen LogP contribution < -0.4 is 9.47 Å². The monoisotopic (exact) mass is 314 g/mol. The van der Waals surface area contributed by atoms with E-state index in [1.54, 1.807) is 14.2 Å². The fourth-order valence-corrected chi connectivity index (χ4v) is 2.51. The van der Waals surface area contributed by atoms with Gasteiger partial charge in [-0.15, -0.1) is 0 Å². The highest BCUT2D eigenvalue weighted by Gasteiger charge is 2.28. The van der Waals surface area contributed by atoms with Gasteiger partial charge in [-0.05, 0) is 12.1 Å². The minimum Gasteiger partial charge on any atom is -0.496 e. The van der Waals surface area contributed by atoms with Gasteiger partial charge >= 0.3 is 0 Å². The van der Waals surface area contributed by atoms with E-state index < -0.39 is 0 Å². The molecule has 1 atom stereocenters. The SMILES string of the molecule is COc1cc(Br)cc(OC)c1C1CC(=O)CCO1. The first-order valence-electron chi connectivity index (χ1n) is 5.70. The van der Waals surface area contributed by atoms with Crippen molar-refractivity contribution < 1.29 is 19.0 Å². The van der Waals surface area contributed by atoms with Crippen molar-refractivity contribution in [1.29, 1.82) is 0 Å². The van der Waals surface area contributed by atoms with Gasteiger partial charge in [0, 0.05) is 17.3 Å². The fraction of sp³-hybridized carbons (Fsp3) is 0.462. The predicted octanol–water partition coefficient (Wildman–Crippen LogP) is 2.89. The molecule has 0 spiro atoms. The van der Waals surface area contributed by atoms with Crippen molar-refractivity contribution in [3.63, 3.8) is 0 Å². The molecule has 18 heavy (non-hydrogen) atoms. The maximum absolute atomic E-state index is 11.5. The topological polar surface area (TPSA) is 44.8 Å². The molecule has 0 amide bonds. The van der Waals surface area contributed by atoms with Gasteiger partial charge in [0.15, 0.2) is 0 Å². The smallest absolute Gasteiger partial charge is 0.138 e. The Morgan fingerprint density at radius 3 is 2.39 bits per heavy atom. The van der Waals surface area contributed by atoms with E-state index in [0.717, 1.165) is 10.0 Å². The van der Waals surface area contributed by atoms with Crippen molar-refractivity contribution in [3.8, 4) is 11.5 Å². The van der Waals surface area contributed by atoms with Gasteiger partial charge in [-0.2, -0.15) is 0 Å². The van der Waals surface area contributed by atoms with Crippen LogP contribution in [-0.2, 0) is 9.53 Å². The molecular formula is C13H15BrO4. The first-order chi connectivity index (χ1) is 8.65. The standard InChI is InChI=1S/C13H15BrO4/c1-16-10-5-8(14)6-11(17-2)13(10)12-7-9(15)3-4-18-12/h5-6,12H,3-4,7H2,1-2H3. The van der Waals surface area contributed by atoms with Gasteiger partial charge in [-0.25, -0.2) is 0 Å². The summed E-state index contributed by atoms with van der Waals surface area (Å²) < 4.78 is 17.2. The van der Waals surface area contributed by atoms with Gasteiger partial charge in [0.2, 0.25) is 0 Å². The predicted molar refractivity (Wildman–Crippen MR) is 70.2 cm³/mol. The van der Waals surface area contributed by atoms with Gasteiger partial charge < -0.3 is 14.2 Å². The lowest BCUT2D eigenvalue weighted by atomic mass is 9.98. The molecule has 1 aromatic rings. The first-order valence-corrected chi connectivity index (χ1v) is 6.49. The molecule has 2 rings (SSSR count). The number of hydrogen-bond acceptors (Lipinski definition) is 4. The van der Waals surface area contributed by atoms with Crippen LogP contribution in [0.5, 0.6) is 11.5 Å². The average molecular weight is 315 g/mol. The number of rotatable bonds is 3. The molecule has 1 heterocycles. The van der Waals surface area contributed by atoms with Crippen LogP contribution in [0.2, 0.25) is 0 Å². The lowest BCUT2D eigenvalue weighted by Gasteiger charge is -2.25. The lowest BCUT2D eigenvalue weighted by molar-refractivity contribution is -0.128. The van der Waals surface area contributed by atoms with Gasteiger partial charge in [0.25, 0.3) is 0 Å². The minimum absolute atomic E-state index is 0.207. The van der Waals surface area contributed by atoms with Crippen LogP contribution in [0.3, 0.4) is 0 Å². The highest BCUT2D eigenvalue weighted by atomic mass is 79.9. The normalized spacial score (nSPS) is 19.7. The maximum Gasteiger partial charge on any atom is 0.138 e. The molecule has 0 aromatic heterocycles. The number of ketones is 1. The van der Waals surface area contributed by atoms with Gasteiger partial charge in [0.1, 0.15) is 17.3 Å². The molecule has 1 aliphatic rings. The van der Waals surface area contributed by atoms with Crippen LogP contribution in [0.25, 0.3) is 0 Å². The van der Waals surface area contributed by atoms with Crippen LogP contribution >= 0.6 is 15.9 Å². The third-order valence-electron chi connectivity index (χ3n) is 2.94. The lowest BCUT2D eigenvalue weighted by Crippen LogP contribution is -2.20. The molecule has 1 aromatic carbocycles. The highest BCUT2D eigenvalue weighted by Crippen LogP contribution is 2.41. The zero-order valence-electron chi connectivity index (χ0n) is 10.4. The molecule has 98 valence electrons. The zero-order chi connectivity index (χ0) is 13.1. The van der Waals surface area contributed by atoms with E-state index in [2.05, 4.69) is 15.9 Å². The molecule has 4 nitrogen and oxygen atoms in total. The van der Waals surface area contributed by atoms with Crippen molar-refractivity contribution in [1.82, 2.24) is 0 Å². The van der Waals surface area contributed by atoms with E-state index in [4.69, 9.17) is 14.2 Å². The van der Waals surface area contributed by atoms with Gasteiger partial charge in [-0.1, -0.05) is 15.9 Å². The number of halogens is 1. The molecule has 5 heteroatoms. The van der Waals surface area contributed by atoms with E-state index in [1.807, 2.05) is 12.1 Å². The summed E-state index contributed by atoms with van der Waals surface area (Å²) in [6, 6.07) is 3.70. The van der Waals surface area contributed by atoms with Crippen LogP contribution in [0.4, 0.5) is 0 Å². The number of benzene rings is 1.